The maximum atomic E-state index is 12.5. The van der Waals surface area contributed by atoms with Gasteiger partial charge in [0.1, 0.15) is 5.75 Å². The minimum atomic E-state index is 0.0208. The van der Waals surface area contributed by atoms with Crippen molar-refractivity contribution in [3.63, 3.8) is 0 Å². The molecule has 1 aromatic carbocycles. The lowest BCUT2D eigenvalue weighted by molar-refractivity contribution is -0.131. The molecule has 0 saturated carbocycles. The summed E-state index contributed by atoms with van der Waals surface area (Å²) in [4.78, 5) is 28.2. The molecule has 2 rings (SSSR count). The summed E-state index contributed by atoms with van der Waals surface area (Å²) in [6.45, 7) is 4.67. The Balaban J connectivity index is 1.97. The average Bonchev–Trinajstić information content (AvgIpc) is 2.80. The molecule has 0 atom stereocenters. The molecule has 120 valence electrons. The zero-order valence-corrected chi connectivity index (χ0v) is 13.4. The third kappa shape index (κ3) is 4.00. The molecule has 1 heterocycles. The van der Waals surface area contributed by atoms with Crippen LogP contribution in [0.15, 0.2) is 24.3 Å². The molecule has 1 fully saturated rings. The molecule has 0 spiro atoms. The van der Waals surface area contributed by atoms with Gasteiger partial charge in [-0.3, -0.25) is 9.59 Å². The third-order valence-electron chi connectivity index (χ3n) is 3.94. The van der Waals surface area contributed by atoms with Gasteiger partial charge in [0.05, 0.1) is 7.11 Å². The maximum Gasteiger partial charge on any atom is 0.253 e. The fourth-order valence-electron chi connectivity index (χ4n) is 2.66. The second-order valence-corrected chi connectivity index (χ2v) is 5.51. The van der Waals surface area contributed by atoms with Gasteiger partial charge in [0.2, 0.25) is 5.91 Å². The summed E-state index contributed by atoms with van der Waals surface area (Å²) in [6, 6.07) is 7.16. The Kier molecular flexibility index (Phi) is 5.81. The van der Waals surface area contributed by atoms with Crippen molar-refractivity contribution in [3.05, 3.63) is 29.8 Å². The summed E-state index contributed by atoms with van der Waals surface area (Å²) in [5.41, 5.74) is 0.661. The number of benzene rings is 1. The van der Waals surface area contributed by atoms with Crippen molar-refractivity contribution in [3.8, 4) is 5.75 Å². The highest BCUT2D eigenvalue weighted by Gasteiger charge is 2.22. The standard InChI is InChI=1S/C17H24N2O3/c1-3-5-16(20)18-10-4-11-19(13-12-18)17(21)14-6-8-15(22-2)9-7-14/h6-9H,3-5,10-13H2,1-2H3. The van der Waals surface area contributed by atoms with E-state index in [1.54, 1.807) is 31.4 Å². The normalized spacial score (nSPS) is 15.4. The van der Waals surface area contributed by atoms with Crippen LogP contribution in [-0.2, 0) is 4.79 Å². The van der Waals surface area contributed by atoms with Crippen molar-refractivity contribution in [2.45, 2.75) is 26.2 Å². The maximum absolute atomic E-state index is 12.5. The monoisotopic (exact) mass is 304 g/mol. The van der Waals surface area contributed by atoms with Gasteiger partial charge in [-0.2, -0.15) is 0 Å². The van der Waals surface area contributed by atoms with E-state index >= 15 is 0 Å². The fraction of sp³-hybridized carbons (Fsp3) is 0.529. The smallest absolute Gasteiger partial charge is 0.253 e. The first kappa shape index (κ1) is 16.3. The zero-order chi connectivity index (χ0) is 15.9. The van der Waals surface area contributed by atoms with Crippen LogP contribution in [0.1, 0.15) is 36.5 Å². The van der Waals surface area contributed by atoms with Crippen molar-refractivity contribution < 1.29 is 14.3 Å². The first-order valence-corrected chi connectivity index (χ1v) is 7.86. The number of carbonyl (C=O) groups is 2. The quantitative estimate of drug-likeness (QED) is 0.856. The summed E-state index contributed by atoms with van der Waals surface area (Å²) in [7, 11) is 1.60. The minimum absolute atomic E-state index is 0.0208. The molecule has 1 aliphatic heterocycles. The predicted molar refractivity (Wildman–Crippen MR) is 85.0 cm³/mol. The van der Waals surface area contributed by atoms with Gasteiger partial charge in [0, 0.05) is 38.2 Å². The molecule has 5 heteroatoms. The molecular weight excluding hydrogens is 280 g/mol. The molecule has 0 aromatic heterocycles. The Labute approximate surface area is 131 Å². The van der Waals surface area contributed by atoms with Crippen molar-refractivity contribution in [1.82, 2.24) is 9.80 Å². The molecule has 0 radical (unpaired) electrons. The van der Waals surface area contributed by atoms with Crippen LogP contribution in [0.3, 0.4) is 0 Å². The van der Waals surface area contributed by atoms with Crippen LogP contribution >= 0.6 is 0 Å². The van der Waals surface area contributed by atoms with Gasteiger partial charge >= 0.3 is 0 Å². The van der Waals surface area contributed by atoms with E-state index in [4.69, 9.17) is 4.74 Å². The first-order chi connectivity index (χ1) is 10.7. The van der Waals surface area contributed by atoms with Crippen LogP contribution in [0.25, 0.3) is 0 Å². The topological polar surface area (TPSA) is 49.9 Å². The second-order valence-electron chi connectivity index (χ2n) is 5.51. The fourth-order valence-corrected chi connectivity index (χ4v) is 2.66. The van der Waals surface area contributed by atoms with E-state index in [-0.39, 0.29) is 11.8 Å². The molecule has 0 aliphatic carbocycles. The SMILES string of the molecule is CCCC(=O)N1CCCN(C(=O)c2ccc(OC)cc2)CC1. The lowest BCUT2D eigenvalue weighted by Crippen LogP contribution is -2.37. The van der Waals surface area contributed by atoms with Gasteiger partial charge in [0.25, 0.3) is 5.91 Å². The third-order valence-corrected chi connectivity index (χ3v) is 3.94. The van der Waals surface area contributed by atoms with E-state index in [2.05, 4.69) is 0 Å². The lowest BCUT2D eigenvalue weighted by atomic mass is 10.2. The molecule has 22 heavy (non-hydrogen) atoms. The van der Waals surface area contributed by atoms with Crippen molar-refractivity contribution >= 4 is 11.8 Å². The molecule has 5 nitrogen and oxygen atoms in total. The van der Waals surface area contributed by atoms with Gasteiger partial charge in [-0.1, -0.05) is 6.92 Å². The number of methoxy groups -OCH3 is 1. The Morgan fingerprint density at radius 1 is 1.05 bits per heavy atom. The van der Waals surface area contributed by atoms with Gasteiger partial charge in [-0.05, 0) is 37.1 Å². The van der Waals surface area contributed by atoms with Crippen LogP contribution in [0, 0.1) is 0 Å². The molecule has 2 amide bonds. The highest BCUT2D eigenvalue weighted by atomic mass is 16.5. The van der Waals surface area contributed by atoms with Crippen molar-refractivity contribution in [2.24, 2.45) is 0 Å². The van der Waals surface area contributed by atoms with Crippen LogP contribution in [-0.4, -0.2) is 54.9 Å². The lowest BCUT2D eigenvalue weighted by Gasteiger charge is -2.22. The number of hydrogen-bond donors (Lipinski definition) is 0. The molecule has 0 N–H and O–H groups in total. The largest absolute Gasteiger partial charge is 0.497 e. The van der Waals surface area contributed by atoms with Gasteiger partial charge in [-0.25, -0.2) is 0 Å². The average molecular weight is 304 g/mol. The molecule has 1 saturated heterocycles. The van der Waals surface area contributed by atoms with E-state index < -0.39 is 0 Å². The van der Waals surface area contributed by atoms with E-state index in [9.17, 15) is 9.59 Å². The molecule has 0 bridgehead atoms. The minimum Gasteiger partial charge on any atom is -0.497 e. The van der Waals surface area contributed by atoms with Gasteiger partial charge < -0.3 is 14.5 Å². The van der Waals surface area contributed by atoms with Crippen molar-refractivity contribution in [1.29, 1.82) is 0 Å². The highest BCUT2D eigenvalue weighted by molar-refractivity contribution is 5.94. The first-order valence-electron chi connectivity index (χ1n) is 7.86. The van der Waals surface area contributed by atoms with Gasteiger partial charge in [-0.15, -0.1) is 0 Å². The number of rotatable bonds is 4. The summed E-state index contributed by atoms with van der Waals surface area (Å²) in [6.07, 6.45) is 2.29. The molecule has 0 unspecified atom stereocenters. The van der Waals surface area contributed by atoms with E-state index in [1.807, 2.05) is 16.7 Å². The summed E-state index contributed by atoms with van der Waals surface area (Å²) in [5.74, 6) is 0.956. The zero-order valence-electron chi connectivity index (χ0n) is 13.4. The van der Waals surface area contributed by atoms with E-state index in [0.29, 0.717) is 31.6 Å². The van der Waals surface area contributed by atoms with Crippen LogP contribution in [0.2, 0.25) is 0 Å². The van der Waals surface area contributed by atoms with Crippen LogP contribution < -0.4 is 4.74 Å². The Morgan fingerprint density at radius 3 is 2.32 bits per heavy atom. The van der Waals surface area contributed by atoms with Gasteiger partial charge in [0.15, 0.2) is 0 Å². The number of carbonyl (C=O) groups excluding carboxylic acids is 2. The molecule has 1 aromatic rings. The van der Waals surface area contributed by atoms with Crippen LogP contribution in [0.4, 0.5) is 0 Å². The predicted octanol–water partition coefficient (Wildman–Crippen LogP) is 2.17. The number of amides is 2. The Morgan fingerprint density at radius 2 is 1.68 bits per heavy atom. The Hall–Kier alpha value is -2.04. The summed E-state index contributed by atoms with van der Waals surface area (Å²) < 4.78 is 5.11. The molecular formula is C17H24N2O3. The van der Waals surface area contributed by atoms with Crippen LogP contribution in [0.5, 0.6) is 5.75 Å². The number of nitrogens with zero attached hydrogens (tertiary/aromatic N) is 2. The second kappa shape index (κ2) is 7.82. The number of ether oxygens (including phenoxy) is 1. The number of hydrogen-bond acceptors (Lipinski definition) is 3. The summed E-state index contributed by atoms with van der Waals surface area (Å²) >= 11 is 0. The summed E-state index contributed by atoms with van der Waals surface area (Å²) in [5, 5.41) is 0. The van der Waals surface area contributed by atoms with E-state index in [1.165, 1.54) is 0 Å². The molecule has 1 aliphatic rings. The Bertz CT molecular complexity index is 513. The van der Waals surface area contributed by atoms with Crippen molar-refractivity contribution in [2.75, 3.05) is 33.3 Å². The van der Waals surface area contributed by atoms with E-state index in [0.717, 1.165) is 25.1 Å². The highest BCUT2D eigenvalue weighted by Crippen LogP contribution is 2.14.